The molecule has 3 nitrogen and oxygen atoms in total. The zero-order chi connectivity index (χ0) is 14.8. The first-order valence-corrected chi connectivity index (χ1v) is 7.09. The normalized spacial score (nSPS) is 17.1. The van der Waals surface area contributed by atoms with Gasteiger partial charge in [0.1, 0.15) is 5.92 Å². The number of carbonyl (C=O) groups is 1. The number of carboxylic acids is 1. The number of nitrogens with zero attached hydrogens (tertiary/aromatic N) is 1. The third-order valence-electron chi connectivity index (χ3n) is 3.83. The van der Waals surface area contributed by atoms with E-state index in [1.54, 1.807) is 0 Å². The number of hydrogen-bond donors (Lipinski definition) is 1. The van der Waals surface area contributed by atoms with Gasteiger partial charge in [-0.15, -0.1) is 0 Å². The molecule has 1 N–H and O–H groups in total. The first kappa shape index (κ1) is 13.4. The lowest BCUT2D eigenvalue weighted by Gasteiger charge is -2.34. The second-order valence-corrected chi connectivity index (χ2v) is 5.04. The molecular weight excluding hydrogens is 262 g/mol. The van der Waals surface area contributed by atoms with Crippen LogP contribution in [-0.2, 0) is 4.79 Å². The average molecular weight is 279 g/mol. The summed E-state index contributed by atoms with van der Waals surface area (Å²) in [5.41, 5.74) is 3.84. The number of para-hydroxylation sites is 1. The summed E-state index contributed by atoms with van der Waals surface area (Å²) in [6.07, 6.45) is 1.85. The zero-order valence-corrected chi connectivity index (χ0v) is 11.9. The standard InChI is InChI=1S/C18H17NO2/c1-2-19-16-11-7-6-10-14(16)15(18(20)21)12-17(19)13-8-4-3-5-9-13/h3-12,15H,2H2,1H3,(H,20,21). The van der Waals surface area contributed by atoms with Crippen molar-refractivity contribution in [1.82, 2.24) is 0 Å². The molecule has 1 heterocycles. The summed E-state index contributed by atoms with van der Waals surface area (Å²) in [7, 11) is 0. The van der Waals surface area contributed by atoms with Crippen LogP contribution in [0.2, 0.25) is 0 Å². The fraction of sp³-hybridized carbons (Fsp3) is 0.167. The van der Waals surface area contributed by atoms with Crippen LogP contribution in [0.25, 0.3) is 5.70 Å². The molecule has 0 aromatic heterocycles. The predicted octanol–water partition coefficient (Wildman–Crippen LogP) is 3.74. The number of anilines is 1. The molecule has 1 atom stereocenters. The van der Waals surface area contributed by atoms with Crippen molar-refractivity contribution in [2.75, 3.05) is 11.4 Å². The van der Waals surface area contributed by atoms with E-state index in [1.807, 2.05) is 60.7 Å². The third kappa shape index (κ3) is 2.31. The molecule has 0 radical (unpaired) electrons. The number of benzene rings is 2. The van der Waals surface area contributed by atoms with Crippen LogP contribution >= 0.6 is 0 Å². The minimum Gasteiger partial charge on any atom is -0.481 e. The molecule has 1 unspecified atom stereocenters. The Morgan fingerprint density at radius 1 is 1.10 bits per heavy atom. The molecule has 0 amide bonds. The van der Waals surface area contributed by atoms with Crippen molar-refractivity contribution < 1.29 is 9.90 Å². The van der Waals surface area contributed by atoms with E-state index in [-0.39, 0.29) is 0 Å². The molecule has 0 saturated carbocycles. The van der Waals surface area contributed by atoms with Gasteiger partial charge in [-0.25, -0.2) is 0 Å². The Morgan fingerprint density at radius 2 is 1.76 bits per heavy atom. The fourth-order valence-corrected chi connectivity index (χ4v) is 2.87. The topological polar surface area (TPSA) is 40.5 Å². The highest BCUT2D eigenvalue weighted by Crippen LogP contribution is 2.39. The van der Waals surface area contributed by atoms with Crippen molar-refractivity contribution in [3.63, 3.8) is 0 Å². The van der Waals surface area contributed by atoms with Gasteiger partial charge in [-0.2, -0.15) is 0 Å². The molecule has 106 valence electrons. The number of hydrogen-bond acceptors (Lipinski definition) is 2. The quantitative estimate of drug-likeness (QED) is 0.930. The molecule has 2 aromatic carbocycles. The van der Waals surface area contributed by atoms with Gasteiger partial charge in [0, 0.05) is 17.9 Å². The highest BCUT2D eigenvalue weighted by atomic mass is 16.4. The average Bonchev–Trinajstić information content (AvgIpc) is 2.53. The maximum atomic E-state index is 11.6. The molecule has 0 spiro atoms. The minimum atomic E-state index is -0.813. The van der Waals surface area contributed by atoms with Crippen molar-refractivity contribution in [2.45, 2.75) is 12.8 Å². The van der Waals surface area contributed by atoms with Crippen LogP contribution in [0.3, 0.4) is 0 Å². The molecule has 21 heavy (non-hydrogen) atoms. The summed E-state index contributed by atoms with van der Waals surface area (Å²) in [6.45, 7) is 2.87. The van der Waals surface area contributed by atoms with Crippen LogP contribution in [0.1, 0.15) is 24.0 Å². The molecule has 3 heteroatoms. The Bertz CT molecular complexity index is 691. The van der Waals surface area contributed by atoms with Crippen molar-refractivity contribution in [2.24, 2.45) is 0 Å². The number of fused-ring (bicyclic) bond motifs is 1. The van der Waals surface area contributed by atoms with E-state index in [1.165, 1.54) is 0 Å². The monoisotopic (exact) mass is 279 g/mol. The summed E-state index contributed by atoms with van der Waals surface area (Å²) < 4.78 is 0. The van der Waals surface area contributed by atoms with Crippen LogP contribution in [0.4, 0.5) is 5.69 Å². The summed E-state index contributed by atoms with van der Waals surface area (Å²) in [5, 5.41) is 9.55. The lowest BCUT2D eigenvalue weighted by Crippen LogP contribution is -2.28. The first-order chi connectivity index (χ1) is 10.2. The Morgan fingerprint density at radius 3 is 2.43 bits per heavy atom. The zero-order valence-electron chi connectivity index (χ0n) is 11.9. The fourth-order valence-electron chi connectivity index (χ4n) is 2.87. The van der Waals surface area contributed by atoms with E-state index in [0.717, 1.165) is 29.1 Å². The van der Waals surface area contributed by atoms with Gasteiger partial charge in [-0.05, 0) is 30.2 Å². The van der Waals surface area contributed by atoms with Gasteiger partial charge in [0.15, 0.2) is 0 Å². The predicted molar refractivity (Wildman–Crippen MR) is 84.3 cm³/mol. The van der Waals surface area contributed by atoms with Gasteiger partial charge in [0.05, 0.1) is 0 Å². The Kier molecular flexibility index (Phi) is 3.48. The van der Waals surface area contributed by atoms with Gasteiger partial charge in [0.25, 0.3) is 0 Å². The largest absolute Gasteiger partial charge is 0.481 e. The summed E-state index contributed by atoms with van der Waals surface area (Å²) in [6, 6.07) is 17.7. The van der Waals surface area contributed by atoms with E-state index in [2.05, 4.69) is 11.8 Å². The molecule has 1 aliphatic rings. The molecular formula is C18H17NO2. The Balaban J connectivity index is 2.18. The van der Waals surface area contributed by atoms with E-state index in [4.69, 9.17) is 0 Å². The molecule has 3 rings (SSSR count). The van der Waals surface area contributed by atoms with Crippen LogP contribution in [0.5, 0.6) is 0 Å². The second-order valence-electron chi connectivity index (χ2n) is 5.04. The van der Waals surface area contributed by atoms with Gasteiger partial charge < -0.3 is 10.0 Å². The maximum absolute atomic E-state index is 11.6. The number of aliphatic carboxylic acids is 1. The minimum absolute atomic E-state index is 0.598. The first-order valence-electron chi connectivity index (χ1n) is 7.09. The number of carboxylic acid groups (broad SMARTS) is 1. The van der Waals surface area contributed by atoms with E-state index < -0.39 is 11.9 Å². The van der Waals surface area contributed by atoms with Gasteiger partial charge in [-0.3, -0.25) is 4.79 Å². The number of rotatable bonds is 3. The lowest BCUT2D eigenvalue weighted by molar-refractivity contribution is -0.137. The van der Waals surface area contributed by atoms with Gasteiger partial charge in [0.2, 0.25) is 0 Å². The highest BCUT2D eigenvalue weighted by Gasteiger charge is 2.29. The third-order valence-corrected chi connectivity index (χ3v) is 3.83. The van der Waals surface area contributed by atoms with Gasteiger partial charge in [-0.1, -0.05) is 48.5 Å². The molecule has 0 fully saturated rings. The molecule has 0 bridgehead atoms. The molecule has 2 aromatic rings. The van der Waals surface area contributed by atoms with E-state index in [0.29, 0.717) is 0 Å². The van der Waals surface area contributed by atoms with Gasteiger partial charge >= 0.3 is 5.97 Å². The van der Waals surface area contributed by atoms with E-state index in [9.17, 15) is 9.90 Å². The molecule has 1 aliphatic heterocycles. The van der Waals surface area contributed by atoms with Crippen molar-refractivity contribution in [3.8, 4) is 0 Å². The summed E-state index contributed by atoms with van der Waals surface area (Å²) >= 11 is 0. The highest BCUT2D eigenvalue weighted by molar-refractivity contribution is 5.92. The van der Waals surface area contributed by atoms with Crippen molar-refractivity contribution in [1.29, 1.82) is 0 Å². The van der Waals surface area contributed by atoms with Crippen molar-refractivity contribution in [3.05, 3.63) is 71.8 Å². The van der Waals surface area contributed by atoms with Crippen LogP contribution in [-0.4, -0.2) is 17.6 Å². The van der Waals surface area contributed by atoms with Crippen LogP contribution in [0, 0.1) is 0 Å². The summed E-state index contributed by atoms with van der Waals surface area (Å²) in [4.78, 5) is 13.8. The molecule has 0 aliphatic carbocycles. The van der Waals surface area contributed by atoms with Crippen LogP contribution in [0.15, 0.2) is 60.7 Å². The second kappa shape index (κ2) is 5.44. The smallest absolute Gasteiger partial charge is 0.315 e. The summed E-state index contributed by atoms with van der Waals surface area (Å²) in [5.74, 6) is -1.41. The maximum Gasteiger partial charge on any atom is 0.315 e. The lowest BCUT2D eigenvalue weighted by atomic mass is 9.90. The Hall–Kier alpha value is -2.55. The van der Waals surface area contributed by atoms with Crippen molar-refractivity contribution >= 4 is 17.4 Å². The molecule has 0 saturated heterocycles. The van der Waals surface area contributed by atoms with E-state index >= 15 is 0 Å². The van der Waals surface area contributed by atoms with Crippen LogP contribution < -0.4 is 4.90 Å². The Labute approximate surface area is 124 Å². The SMILES string of the molecule is CCN1C(c2ccccc2)=CC(C(=O)O)c2ccccc21.